The van der Waals surface area contributed by atoms with Crippen molar-refractivity contribution in [2.75, 3.05) is 33.7 Å². The molecule has 0 spiro atoms. The van der Waals surface area contributed by atoms with Crippen molar-refractivity contribution in [3.05, 3.63) is 35.9 Å². The van der Waals surface area contributed by atoms with Gasteiger partial charge in [-0.05, 0) is 38.8 Å². The summed E-state index contributed by atoms with van der Waals surface area (Å²) in [6, 6.07) is 12.3. The third kappa shape index (κ3) is 9.83. The van der Waals surface area contributed by atoms with E-state index in [0.717, 1.165) is 11.0 Å². The normalized spacial score (nSPS) is 11.9. The van der Waals surface area contributed by atoms with Crippen LogP contribution in [0.5, 0.6) is 0 Å². The maximum absolute atomic E-state index is 3.54. The fraction of sp³-hybridized carbons (Fsp3) is 0.667. The summed E-state index contributed by atoms with van der Waals surface area (Å²) in [5, 5.41) is 3.54. The Labute approximate surface area is 135 Å². The van der Waals surface area contributed by atoms with Gasteiger partial charge in [-0.15, -0.1) is 0 Å². The first-order chi connectivity index (χ1) is 10.1. The van der Waals surface area contributed by atoms with Gasteiger partial charge in [-0.25, -0.2) is 0 Å². The SMILES string of the molecule is C[N+](C)(CCCCCCNCCC[SiH3])Cc1ccccc1. The molecule has 1 aromatic rings. The van der Waals surface area contributed by atoms with E-state index < -0.39 is 0 Å². The number of hydrogen-bond acceptors (Lipinski definition) is 1. The Morgan fingerprint density at radius 3 is 2.29 bits per heavy atom. The van der Waals surface area contributed by atoms with E-state index in [-0.39, 0.29) is 0 Å². The van der Waals surface area contributed by atoms with E-state index in [2.05, 4.69) is 49.7 Å². The van der Waals surface area contributed by atoms with Crippen molar-refractivity contribution in [1.29, 1.82) is 0 Å². The minimum atomic E-state index is 1.10. The first-order valence-electron chi connectivity index (χ1n) is 8.71. The Bertz CT molecular complexity index is 351. The van der Waals surface area contributed by atoms with Gasteiger partial charge in [-0.3, -0.25) is 0 Å². The van der Waals surface area contributed by atoms with Gasteiger partial charge in [0.05, 0.1) is 20.6 Å². The molecular weight excluding hydrogens is 272 g/mol. The molecule has 0 aromatic heterocycles. The Hall–Kier alpha value is -0.643. The second kappa shape index (κ2) is 11.0. The summed E-state index contributed by atoms with van der Waals surface area (Å²) in [5.41, 5.74) is 1.45. The van der Waals surface area contributed by atoms with E-state index in [1.165, 1.54) is 73.6 Å². The number of benzene rings is 1. The third-order valence-electron chi connectivity index (χ3n) is 4.03. The first kappa shape index (κ1) is 18.4. The molecule has 0 atom stereocenters. The molecular formula is C18H35N2Si+. The van der Waals surface area contributed by atoms with Crippen LogP contribution in [0.15, 0.2) is 30.3 Å². The topological polar surface area (TPSA) is 12.0 Å². The van der Waals surface area contributed by atoms with Crippen LogP contribution in [0.3, 0.4) is 0 Å². The molecule has 1 aromatic carbocycles. The molecule has 0 heterocycles. The fourth-order valence-electron chi connectivity index (χ4n) is 2.73. The molecule has 21 heavy (non-hydrogen) atoms. The van der Waals surface area contributed by atoms with E-state index >= 15 is 0 Å². The van der Waals surface area contributed by atoms with Crippen LogP contribution in [-0.4, -0.2) is 48.5 Å². The molecule has 0 bridgehead atoms. The second-order valence-electron chi connectivity index (χ2n) is 6.82. The van der Waals surface area contributed by atoms with Gasteiger partial charge in [0.1, 0.15) is 6.54 Å². The van der Waals surface area contributed by atoms with Crippen LogP contribution in [0.2, 0.25) is 6.04 Å². The molecule has 0 saturated carbocycles. The summed E-state index contributed by atoms with van der Waals surface area (Å²) in [6.07, 6.45) is 6.81. The maximum atomic E-state index is 3.54. The lowest BCUT2D eigenvalue weighted by atomic mass is 10.1. The summed E-state index contributed by atoms with van der Waals surface area (Å²) in [7, 11) is 6.05. The van der Waals surface area contributed by atoms with Crippen LogP contribution in [0.4, 0.5) is 0 Å². The Morgan fingerprint density at radius 1 is 0.905 bits per heavy atom. The van der Waals surface area contributed by atoms with Crippen LogP contribution in [-0.2, 0) is 6.54 Å². The summed E-state index contributed by atoms with van der Waals surface area (Å²) in [6.45, 7) is 4.86. The van der Waals surface area contributed by atoms with E-state index in [9.17, 15) is 0 Å². The molecule has 0 amide bonds. The van der Waals surface area contributed by atoms with Crippen molar-refractivity contribution >= 4 is 10.2 Å². The molecule has 120 valence electrons. The number of hydrogen-bond donors (Lipinski definition) is 1. The maximum Gasteiger partial charge on any atom is 0.104 e. The second-order valence-corrected chi connectivity index (χ2v) is 7.82. The lowest BCUT2D eigenvalue weighted by Gasteiger charge is -2.30. The van der Waals surface area contributed by atoms with Gasteiger partial charge in [0.2, 0.25) is 0 Å². The lowest BCUT2D eigenvalue weighted by Crippen LogP contribution is -2.39. The van der Waals surface area contributed by atoms with Gasteiger partial charge in [-0.1, -0.05) is 42.8 Å². The lowest BCUT2D eigenvalue weighted by molar-refractivity contribution is -0.903. The Morgan fingerprint density at radius 2 is 1.57 bits per heavy atom. The predicted molar refractivity (Wildman–Crippen MR) is 97.8 cm³/mol. The minimum Gasteiger partial charge on any atom is -0.325 e. The Kier molecular flexibility index (Phi) is 9.64. The first-order valence-corrected chi connectivity index (χ1v) is 10.1. The Balaban J connectivity index is 2.03. The zero-order chi connectivity index (χ0) is 15.4. The van der Waals surface area contributed by atoms with E-state index in [4.69, 9.17) is 0 Å². The van der Waals surface area contributed by atoms with Crippen LogP contribution in [0.1, 0.15) is 37.7 Å². The highest BCUT2D eigenvalue weighted by Crippen LogP contribution is 2.11. The van der Waals surface area contributed by atoms with E-state index in [1.54, 1.807) is 0 Å². The molecule has 3 heteroatoms. The van der Waals surface area contributed by atoms with E-state index in [0.29, 0.717) is 0 Å². The van der Waals surface area contributed by atoms with Gasteiger partial charge in [0.15, 0.2) is 0 Å². The van der Waals surface area contributed by atoms with Crippen molar-refractivity contribution in [3.63, 3.8) is 0 Å². The highest BCUT2D eigenvalue weighted by molar-refractivity contribution is 6.08. The van der Waals surface area contributed by atoms with Crippen molar-refractivity contribution in [3.8, 4) is 0 Å². The predicted octanol–water partition coefficient (Wildman–Crippen LogP) is 2.59. The molecule has 0 fully saturated rings. The number of rotatable bonds is 12. The van der Waals surface area contributed by atoms with Crippen LogP contribution in [0.25, 0.3) is 0 Å². The van der Waals surface area contributed by atoms with Crippen molar-refractivity contribution in [1.82, 2.24) is 5.32 Å². The number of unbranched alkanes of at least 4 members (excludes halogenated alkanes) is 3. The van der Waals surface area contributed by atoms with Crippen LogP contribution in [0, 0.1) is 0 Å². The standard InChI is InChI=1S/C18H35N2Si/c1-20(2,17-18-11-6-5-7-12-18)15-9-4-3-8-13-19-14-10-16-21/h5-7,11-12,19H,3-4,8-10,13-17H2,1-2,21H3/q+1. The monoisotopic (exact) mass is 307 g/mol. The molecule has 0 unspecified atom stereocenters. The zero-order valence-corrected chi connectivity index (χ0v) is 16.4. The number of quaternary nitrogens is 1. The van der Waals surface area contributed by atoms with Crippen LogP contribution < -0.4 is 5.32 Å². The molecule has 1 N–H and O–H groups in total. The molecule has 0 radical (unpaired) electrons. The van der Waals surface area contributed by atoms with Crippen LogP contribution >= 0.6 is 0 Å². The highest BCUT2D eigenvalue weighted by atomic mass is 28.1. The molecule has 0 aliphatic carbocycles. The average Bonchev–Trinajstić information content (AvgIpc) is 2.46. The van der Waals surface area contributed by atoms with Gasteiger partial charge in [0, 0.05) is 15.8 Å². The molecule has 0 aliphatic rings. The van der Waals surface area contributed by atoms with Gasteiger partial charge in [-0.2, -0.15) is 0 Å². The molecule has 0 saturated heterocycles. The fourth-order valence-corrected chi connectivity index (χ4v) is 3.08. The number of nitrogens with one attached hydrogen (secondary N) is 1. The van der Waals surface area contributed by atoms with E-state index in [1.807, 2.05) is 0 Å². The molecule has 1 rings (SSSR count). The van der Waals surface area contributed by atoms with Crippen molar-refractivity contribution < 1.29 is 4.48 Å². The summed E-state index contributed by atoms with van der Waals surface area (Å²) < 4.78 is 1.10. The van der Waals surface area contributed by atoms with Gasteiger partial charge >= 0.3 is 0 Å². The minimum absolute atomic E-state index is 1.10. The zero-order valence-electron chi connectivity index (χ0n) is 14.4. The smallest absolute Gasteiger partial charge is 0.104 e. The van der Waals surface area contributed by atoms with Crippen molar-refractivity contribution in [2.24, 2.45) is 0 Å². The number of nitrogens with zero attached hydrogens (tertiary/aromatic N) is 1. The molecule has 2 nitrogen and oxygen atoms in total. The summed E-state index contributed by atoms with van der Waals surface area (Å²) in [4.78, 5) is 0. The highest BCUT2D eigenvalue weighted by Gasteiger charge is 2.14. The third-order valence-corrected chi connectivity index (χ3v) is 4.73. The molecule has 0 aliphatic heterocycles. The largest absolute Gasteiger partial charge is 0.325 e. The summed E-state index contributed by atoms with van der Waals surface area (Å²) >= 11 is 0. The quantitative estimate of drug-likeness (QED) is 0.355. The summed E-state index contributed by atoms with van der Waals surface area (Å²) in [5.74, 6) is 0. The average molecular weight is 308 g/mol. The van der Waals surface area contributed by atoms with Gasteiger partial charge < -0.3 is 9.80 Å². The van der Waals surface area contributed by atoms with Gasteiger partial charge in [0.25, 0.3) is 0 Å². The van der Waals surface area contributed by atoms with Crippen molar-refractivity contribution in [2.45, 2.75) is 44.7 Å².